The second kappa shape index (κ2) is 5.63. The molecule has 0 radical (unpaired) electrons. The summed E-state index contributed by atoms with van der Waals surface area (Å²) < 4.78 is 19.1. The van der Waals surface area contributed by atoms with Crippen molar-refractivity contribution in [3.63, 3.8) is 0 Å². The van der Waals surface area contributed by atoms with Gasteiger partial charge in [-0.3, -0.25) is 4.79 Å². The third kappa shape index (κ3) is 2.61. The number of ketones is 1. The van der Waals surface area contributed by atoms with Gasteiger partial charge in [0, 0.05) is 16.9 Å². The maximum atomic E-state index is 13.4. The molecule has 0 bridgehead atoms. The summed E-state index contributed by atoms with van der Waals surface area (Å²) in [6.45, 7) is 4.03. The van der Waals surface area contributed by atoms with Crippen LogP contribution in [0.3, 0.4) is 0 Å². The SMILES string of the molecule is CCC1CCCC(C(=O)c2oc3ccc(F)cc3c2C)C1. The van der Waals surface area contributed by atoms with Crippen LogP contribution < -0.4 is 0 Å². The monoisotopic (exact) mass is 288 g/mol. The van der Waals surface area contributed by atoms with Gasteiger partial charge in [0.1, 0.15) is 11.4 Å². The van der Waals surface area contributed by atoms with E-state index in [4.69, 9.17) is 4.42 Å². The van der Waals surface area contributed by atoms with E-state index in [2.05, 4.69) is 6.92 Å². The average Bonchev–Trinajstić information content (AvgIpc) is 2.83. The molecule has 2 unspecified atom stereocenters. The highest BCUT2D eigenvalue weighted by molar-refractivity contribution is 6.01. The number of hydrogen-bond donors (Lipinski definition) is 0. The Morgan fingerprint density at radius 3 is 2.95 bits per heavy atom. The van der Waals surface area contributed by atoms with Crippen molar-refractivity contribution in [1.29, 1.82) is 0 Å². The van der Waals surface area contributed by atoms with E-state index in [1.54, 1.807) is 6.07 Å². The van der Waals surface area contributed by atoms with Crippen LogP contribution in [-0.2, 0) is 0 Å². The summed E-state index contributed by atoms with van der Waals surface area (Å²) in [6, 6.07) is 4.41. The summed E-state index contributed by atoms with van der Waals surface area (Å²) in [5, 5.41) is 0.709. The van der Waals surface area contributed by atoms with Crippen molar-refractivity contribution in [2.45, 2.75) is 46.0 Å². The fourth-order valence-corrected chi connectivity index (χ4v) is 3.51. The number of benzene rings is 1. The van der Waals surface area contributed by atoms with Gasteiger partial charge in [0.25, 0.3) is 0 Å². The zero-order chi connectivity index (χ0) is 15.0. The van der Waals surface area contributed by atoms with E-state index in [0.29, 0.717) is 22.6 Å². The predicted octanol–water partition coefficient (Wildman–Crippen LogP) is 5.28. The topological polar surface area (TPSA) is 30.2 Å². The maximum absolute atomic E-state index is 13.4. The van der Waals surface area contributed by atoms with Crippen LogP contribution in [0.2, 0.25) is 0 Å². The summed E-state index contributed by atoms with van der Waals surface area (Å²) in [6.07, 6.45) is 5.38. The quantitative estimate of drug-likeness (QED) is 0.719. The van der Waals surface area contributed by atoms with Crippen LogP contribution in [0.5, 0.6) is 0 Å². The first-order valence-electron chi connectivity index (χ1n) is 7.83. The van der Waals surface area contributed by atoms with Gasteiger partial charge < -0.3 is 4.42 Å². The first-order valence-corrected chi connectivity index (χ1v) is 7.83. The van der Waals surface area contributed by atoms with Crippen LogP contribution in [0.15, 0.2) is 22.6 Å². The molecule has 1 saturated carbocycles. The number of aryl methyl sites for hydroxylation is 1. The van der Waals surface area contributed by atoms with Crippen LogP contribution in [0.4, 0.5) is 4.39 Å². The highest BCUT2D eigenvalue weighted by atomic mass is 19.1. The Balaban J connectivity index is 1.92. The first kappa shape index (κ1) is 14.3. The number of halogens is 1. The average molecular weight is 288 g/mol. The molecule has 0 spiro atoms. The Morgan fingerprint density at radius 2 is 2.19 bits per heavy atom. The molecule has 1 heterocycles. The molecule has 0 N–H and O–H groups in total. The van der Waals surface area contributed by atoms with Crippen molar-refractivity contribution < 1.29 is 13.6 Å². The minimum absolute atomic E-state index is 0.0628. The molecule has 3 rings (SSSR count). The normalized spacial score (nSPS) is 22.6. The van der Waals surface area contributed by atoms with Crippen molar-refractivity contribution in [2.24, 2.45) is 11.8 Å². The summed E-state index contributed by atoms with van der Waals surface area (Å²) >= 11 is 0. The molecule has 2 atom stereocenters. The Labute approximate surface area is 124 Å². The van der Waals surface area contributed by atoms with Crippen molar-refractivity contribution in [3.05, 3.63) is 35.3 Å². The van der Waals surface area contributed by atoms with Crippen molar-refractivity contribution in [2.75, 3.05) is 0 Å². The lowest BCUT2D eigenvalue weighted by Crippen LogP contribution is -2.23. The third-order valence-electron chi connectivity index (χ3n) is 4.85. The van der Waals surface area contributed by atoms with Crippen LogP contribution in [-0.4, -0.2) is 5.78 Å². The molecule has 1 aliphatic carbocycles. The molecular weight excluding hydrogens is 267 g/mol. The van der Waals surface area contributed by atoms with E-state index in [9.17, 15) is 9.18 Å². The number of Topliss-reactive ketones (excluding diaryl/α,β-unsaturated/α-hetero) is 1. The van der Waals surface area contributed by atoms with Gasteiger partial charge in [-0.05, 0) is 43.9 Å². The molecule has 0 saturated heterocycles. The number of carbonyl (C=O) groups is 1. The fraction of sp³-hybridized carbons (Fsp3) is 0.500. The summed E-state index contributed by atoms with van der Waals surface area (Å²) in [7, 11) is 0. The molecule has 1 aromatic heterocycles. The highest BCUT2D eigenvalue weighted by Crippen LogP contribution is 2.35. The zero-order valence-electron chi connectivity index (χ0n) is 12.6. The lowest BCUT2D eigenvalue weighted by molar-refractivity contribution is 0.0834. The number of rotatable bonds is 3. The van der Waals surface area contributed by atoms with E-state index in [0.717, 1.165) is 31.2 Å². The van der Waals surface area contributed by atoms with E-state index >= 15 is 0 Å². The Morgan fingerprint density at radius 1 is 1.38 bits per heavy atom. The number of carbonyl (C=O) groups excluding carboxylic acids is 1. The maximum Gasteiger partial charge on any atom is 0.201 e. The van der Waals surface area contributed by atoms with Gasteiger partial charge in [-0.15, -0.1) is 0 Å². The van der Waals surface area contributed by atoms with Gasteiger partial charge in [-0.1, -0.05) is 26.2 Å². The third-order valence-corrected chi connectivity index (χ3v) is 4.85. The molecular formula is C18H21FO2. The van der Waals surface area contributed by atoms with E-state index in [-0.39, 0.29) is 17.5 Å². The molecule has 112 valence electrons. The fourth-order valence-electron chi connectivity index (χ4n) is 3.51. The Hall–Kier alpha value is -1.64. The largest absolute Gasteiger partial charge is 0.453 e. The summed E-state index contributed by atoms with van der Waals surface area (Å²) in [5.74, 6) is 0.941. The molecule has 3 heteroatoms. The van der Waals surface area contributed by atoms with Gasteiger partial charge in [0.05, 0.1) is 0 Å². The second-order valence-corrected chi connectivity index (χ2v) is 6.20. The number of hydrogen-bond acceptors (Lipinski definition) is 2. The highest BCUT2D eigenvalue weighted by Gasteiger charge is 2.30. The van der Waals surface area contributed by atoms with Gasteiger partial charge >= 0.3 is 0 Å². The van der Waals surface area contributed by atoms with Crippen LogP contribution >= 0.6 is 0 Å². The molecule has 0 amide bonds. The van der Waals surface area contributed by atoms with E-state index in [1.807, 2.05) is 6.92 Å². The lowest BCUT2D eigenvalue weighted by Gasteiger charge is -2.26. The van der Waals surface area contributed by atoms with Gasteiger partial charge in [-0.2, -0.15) is 0 Å². The van der Waals surface area contributed by atoms with Crippen LogP contribution in [0, 0.1) is 24.6 Å². The first-order chi connectivity index (χ1) is 10.1. The Kier molecular flexibility index (Phi) is 3.83. The molecule has 2 nitrogen and oxygen atoms in total. The van der Waals surface area contributed by atoms with Gasteiger partial charge in [0.2, 0.25) is 5.78 Å². The van der Waals surface area contributed by atoms with E-state index < -0.39 is 0 Å². The predicted molar refractivity (Wildman–Crippen MR) is 81.0 cm³/mol. The smallest absolute Gasteiger partial charge is 0.201 e. The van der Waals surface area contributed by atoms with Crippen LogP contribution in [0.25, 0.3) is 11.0 Å². The molecule has 1 fully saturated rings. The molecule has 21 heavy (non-hydrogen) atoms. The lowest BCUT2D eigenvalue weighted by atomic mass is 9.77. The molecule has 2 aromatic rings. The standard InChI is InChI=1S/C18H21FO2/c1-3-12-5-4-6-13(9-12)17(20)18-11(2)15-10-14(19)7-8-16(15)21-18/h7-8,10,12-13H,3-6,9H2,1-2H3. The van der Waals surface area contributed by atoms with Crippen molar-refractivity contribution in [1.82, 2.24) is 0 Å². The number of fused-ring (bicyclic) bond motifs is 1. The van der Waals surface area contributed by atoms with Gasteiger partial charge in [-0.25, -0.2) is 4.39 Å². The van der Waals surface area contributed by atoms with Gasteiger partial charge in [0.15, 0.2) is 5.76 Å². The minimum Gasteiger partial charge on any atom is -0.453 e. The molecule has 1 aromatic carbocycles. The molecule has 0 aliphatic heterocycles. The van der Waals surface area contributed by atoms with E-state index in [1.165, 1.54) is 18.6 Å². The number of furan rings is 1. The minimum atomic E-state index is -0.297. The summed E-state index contributed by atoms with van der Waals surface area (Å²) in [5.41, 5.74) is 1.37. The molecule has 1 aliphatic rings. The zero-order valence-corrected chi connectivity index (χ0v) is 12.6. The van der Waals surface area contributed by atoms with Crippen molar-refractivity contribution >= 4 is 16.8 Å². The van der Waals surface area contributed by atoms with Crippen molar-refractivity contribution in [3.8, 4) is 0 Å². The summed E-state index contributed by atoms with van der Waals surface area (Å²) in [4.78, 5) is 12.7. The Bertz CT molecular complexity index is 671. The second-order valence-electron chi connectivity index (χ2n) is 6.20. The van der Waals surface area contributed by atoms with Crippen LogP contribution in [0.1, 0.15) is 55.1 Å².